The molecular formula is C14H24N4O. The number of piperidine rings is 1. The molecule has 0 unspecified atom stereocenters. The normalized spacial score (nSPS) is 17.6. The summed E-state index contributed by atoms with van der Waals surface area (Å²) in [6.45, 7) is 3.03. The molecular weight excluding hydrogens is 240 g/mol. The van der Waals surface area contributed by atoms with Gasteiger partial charge in [0.05, 0.1) is 6.61 Å². The van der Waals surface area contributed by atoms with Crippen LogP contribution in [0.2, 0.25) is 0 Å². The molecule has 1 saturated heterocycles. The van der Waals surface area contributed by atoms with Gasteiger partial charge >= 0.3 is 0 Å². The van der Waals surface area contributed by atoms with Gasteiger partial charge in [-0.25, -0.2) is 9.97 Å². The molecule has 0 amide bonds. The number of hydrogen-bond acceptors (Lipinski definition) is 5. The van der Waals surface area contributed by atoms with E-state index in [4.69, 9.17) is 4.74 Å². The molecule has 5 heteroatoms. The lowest BCUT2D eigenvalue weighted by atomic mass is 10.0. The molecule has 0 N–H and O–H groups in total. The second-order valence-corrected chi connectivity index (χ2v) is 5.26. The van der Waals surface area contributed by atoms with Gasteiger partial charge in [-0.1, -0.05) is 0 Å². The predicted molar refractivity (Wildman–Crippen MR) is 76.5 cm³/mol. The van der Waals surface area contributed by atoms with Crippen LogP contribution >= 0.6 is 0 Å². The first-order valence-corrected chi connectivity index (χ1v) is 6.92. The third kappa shape index (κ3) is 3.88. The Morgan fingerprint density at radius 3 is 2.79 bits per heavy atom. The summed E-state index contributed by atoms with van der Waals surface area (Å²) in [6, 6.07) is 2.67. The van der Waals surface area contributed by atoms with E-state index in [2.05, 4.69) is 39.9 Å². The van der Waals surface area contributed by atoms with Gasteiger partial charge in [0.2, 0.25) is 0 Å². The second kappa shape index (κ2) is 6.82. The van der Waals surface area contributed by atoms with Crippen LogP contribution in [0.3, 0.4) is 0 Å². The van der Waals surface area contributed by atoms with E-state index in [0.717, 1.165) is 31.0 Å². The number of methoxy groups -OCH3 is 1. The first kappa shape index (κ1) is 14.2. The summed E-state index contributed by atoms with van der Waals surface area (Å²) in [5, 5.41) is 0. The fourth-order valence-corrected chi connectivity index (χ4v) is 2.49. The van der Waals surface area contributed by atoms with Crippen molar-refractivity contribution in [2.45, 2.75) is 25.3 Å². The van der Waals surface area contributed by atoms with Gasteiger partial charge < -0.3 is 14.5 Å². The lowest BCUT2D eigenvalue weighted by Gasteiger charge is -2.35. The summed E-state index contributed by atoms with van der Waals surface area (Å²) in [5.74, 6) is 1.02. The number of nitrogens with zero attached hydrogens (tertiary/aromatic N) is 4. The molecule has 19 heavy (non-hydrogen) atoms. The fourth-order valence-electron chi connectivity index (χ4n) is 2.49. The molecule has 0 spiro atoms. The zero-order chi connectivity index (χ0) is 13.7. The van der Waals surface area contributed by atoms with E-state index < -0.39 is 0 Å². The molecule has 1 aromatic heterocycles. The Bertz CT molecular complexity index is 391. The van der Waals surface area contributed by atoms with Crippen molar-refractivity contribution in [3.05, 3.63) is 18.1 Å². The zero-order valence-corrected chi connectivity index (χ0v) is 12.2. The van der Waals surface area contributed by atoms with Gasteiger partial charge in [0, 0.05) is 38.4 Å². The Hall–Kier alpha value is -1.20. The number of ether oxygens (including phenoxy) is 1. The third-order valence-corrected chi connectivity index (χ3v) is 3.87. The van der Waals surface area contributed by atoms with Crippen LogP contribution in [0.15, 0.2) is 12.4 Å². The Morgan fingerprint density at radius 1 is 1.37 bits per heavy atom. The van der Waals surface area contributed by atoms with Crippen LogP contribution in [0, 0.1) is 0 Å². The fraction of sp³-hybridized carbons (Fsp3) is 0.714. The summed E-state index contributed by atoms with van der Waals surface area (Å²) in [7, 11) is 6.04. The summed E-state index contributed by atoms with van der Waals surface area (Å²) in [4.78, 5) is 13.4. The van der Waals surface area contributed by atoms with E-state index >= 15 is 0 Å². The molecule has 0 atom stereocenters. The SMILES string of the molecule is COCCc1cc(N(C)C2CCN(C)CC2)ncn1. The van der Waals surface area contributed by atoms with Gasteiger partial charge in [0.1, 0.15) is 12.1 Å². The molecule has 5 nitrogen and oxygen atoms in total. The zero-order valence-electron chi connectivity index (χ0n) is 12.2. The quantitative estimate of drug-likeness (QED) is 0.799. The van der Waals surface area contributed by atoms with Crippen molar-refractivity contribution in [3.8, 4) is 0 Å². The number of rotatable bonds is 5. The predicted octanol–water partition coefficient (Wildman–Crippen LogP) is 1.20. The summed E-state index contributed by atoms with van der Waals surface area (Å²) in [5.41, 5.74) is 1.05. The maximum Gasteiger partial charge on any atom is 0.132 e. The monoisotopic (exact) mass is 264 g/mol. The van der Waals surface area contributed by atoms with Gasteiger partial charge in [0.15, 0.2) is 0 Å². The van der Waals surface area contributed by atoms with Crippen molar-refractivity contribution < 1.29 is 4.74 Å². The maximum absolute atomic E-state index is 5.09. The highest BCUT2D eigenvalue weighted by Gasteiger charge is 2.21. The molecule has 0 aliphatic carbocycles. The van der Waals surface area contributed by atoms with Gasteiger partial charge in [-0.15, -0.1) is 0 Å². The maximum atomic E-state index is 5.09. The molecule has 1 aliphatic heterocycles. The molecule has 106 valence electrons. The molecule has 2 heterocycles. The van der Waals surface area contributed by atoms with E-state index in [0.29, 0.717) is 12.6 Å². The topological polar surface area (TPSA) is 41.5 Å². The van der Waals surface area contributed by atoms with Crippen molar-refractivity contribution in [3.63, 3.8) is 0 Å². The first-order valence-electron chi connectivity index (χ1n) is 6.92. The van der Waals surface area contributed by atoms with Gasteiger partial charge in [-0.05, 0) is 33.0 Å². The molecule has 1 aromatic rings. The van der Waals surface area contributed by atoms with Crippen LogP contribution in [-0.2, 0) is 11.2 Å². The van der Waals surface area contributed by atoms with Crippen LogP contribution in [0.5, 0.6) is 0 Å². The highest BCUT2D eigenvalue weighted by atomic mass is 16.5. The largest absolute Gasteiger partial charge is 0.384 e. The van der Waals surface area contributed by atoms with Crippen molar-refractivity contribution in [2.75, 3.05) is 45.8 Å². The minimum absolute atomic E-state index is 0.585. The average Bonchev–Trinajstić information content (AvgIpc) is 2.45. The van der Waals surface area contributed by atoms with E-state index in [1.165, 1.54) is 12.8 Å². The van der Waals surface area contributed by atoms with E-state index in [1.807, 2.05) is 0 Å². The number of likely N-dealkylation sites (tertiary alicyclic amines) is 1. The molecule has 0 radical (unpaired) electrons. The van der Waals surface area contributed by atoms with Crippen molar-refractivity contribution in [1.82, 2.24) is 14.9 Å². The molecule has 0 aromatic carbocycles. The summed E-state index contributed by atoms with van der Waals surface area (Å²) < 4.78 is 5.09. The first-order chi connectivity index (χ1) is 9.20. The van der Waals surface area contributed by atoms with Crippen LogP contribution in [-0.4, -0.2) is 61.8 Å². The second-order valence-electron chi connectivity index (χ2n) is 5.26. The number of aromatic nitrogens is 2. The van der Waals surface area contributed by atoms with E-state index in [9.17, 15) is 0 Å². The van der Waals surface area contributed by atoms with Gasteiger partial charge in [-0.3, -0.25) is 0 Å². The minimum Gasteiger partial charge on any atom is -0.384 e. The smallest absolute Gasteiger partial charge is 0.132 e. The highest BCUT2D eigenvalue weighted by molar-refractivity contribution is 5.39. The average molecular weight is 264 g/mol. The lowest BCUT2D eigenvalue weighted by Crippen LogP contribution is -2.42. The Labute approximate surface area is 115 Å². The van der Waals surface area contributed by atoms with E-state index in [-0.39, 0.29) is 0 Å². The Balaban J connectivity index is 1.99. The molecule has 1 aliphatic rings. The van der Waals surface area contributed by atoms with Crippen LogP contribution in [0.4, 0.5) is 5.82 Å². The van der Waals surface area contributed by atoms with Crippen LogP contribution in [0.1, 0.15) is 18.5 Å². The van der Waals surface area contributed by atoms with Gasteiger partial charge in [-0.2, -0.15) is 0 Å². The molecule has 1 fully saturated rings. The Kier molecular flexibility index (Phi) is 5.10. The van der Waals surface area contributed by atoms with Gasteiger partial charge in [0.25, 0.3) is 0 Å². The minimum atomic E-state index is 0.585. The highest BCUT2D eigenvalue weighted by Crippen LogP contribution is 2.20. The number of hydrogen-bond donors (Lipinski definition) is 0. The lowest BCUT2D eigenvalue weighted by molar-refractivity contribution is 0.201. The summed E-state index contributed by atoms with van der Waals surface area (Å²) >= 11 is 0. The van der Waals surface area contributed by atoms with Crippen LogP contribution in [0.25, 0.3) is 0 Å². The number of anilines is 1. The third-order valence-electron chi connectivity index (χ3n) is 3.87. The van der Waals surface area contributed by atoms with Crippen LogP contribution < -0.4 is 4.90 Å². The van der Waals surface area contributed by atoms with Crippen molar-refractivity contribution >= 4 is 5.82 Å². The molecule has 0 bridgehead atoms. The van der Waals surface area contributed by atoms with E-state index in [1.54, 1.807) is 13.4 Å². The standard InChI is InChI=1S/C14H24N4O/c1-17-7-4-13(5-8-17)18(2)14-10-12(6-9-19-3)15-11-16-14/h10-11,13H,4-9H2,1-3H3. The molecule has 2 rings (SSSR count). The van der Waals surface area contributed by atoms with Crippen molar-refractivity contribution in [2.24, 2.45) is 0 Å². The van der Waals surface area contributed by atoms with Crippen molar-refractivity contribution in [1.29, 1.82) is 0 Å². The summed E-state index contributed by atoms with van der Waals surface area (Å²) in [6.07, 6.45) is 4.90. The Morgan fingerprint density at radius 2 is 2.11 bits per heavy atom. The molecule has 0 saturated carbocycles.